The fourth-order valence-corrected chi connectivity index (χ4v) is 9.41. The maximum Gasteiger partial charge on any atom is -0.00802 e. The first-order valence-corrected chi connectivity index (χ1v) is 13.3. The molecule has 0 aromatic rings. The Labute approximate surface area is 182 Å². The molecule has 2 fully saturated rings. The zero-order chi connectivity index (χ0) is 21.0. The Morgan fingerprint density at radius 3 is 2.34 bits per heavy atom. The predicted molar refractivity (Wildman–Crippen MR) is 127 cm³/mol. The molecule has 0 saturated heterocycles. The third-order valence-corrected chi connectivity index (χ3v) is 10.9. The van der Waals surface area contributed by atoms with Gasteiger partial charge in [-0.3, -0.25) is 0 Å². The second-order valence-corrected chi connectivity index (χ2v) is 13.4. The van der Waals surface area contributed by atoms with Crippen LogP contribution in [0.25, 0.3) is 0 Å². The summed E-state index contributed by atoms with van der Waals surface area (Å²) in [5.41, 5.74) is 5.65. The summed E-state index contributed by atoms with van der Waals surface area (Å²) in [4.78, 5) is 0. The monoisotopic (exact) mass is 398 g/mol. The maximum atomic E-state index is 2.72. The van der Waals surface area contributed by atoms with Crippen molar-refractivity contribution in [1.29, 1.82) is 0 Å². The Balaban J connectivity index is 1.56. The lowest BCUT2D eigenvalue weighted by Gasteiger charge is -2.58. The van der Waals surface area contributed by atoms with Crippen molar-refractivity contribution in [2.24, 2.45) is 45.8 Å². The minimum Gasteiger partial charge on any atom is -0.0668 e. The van der Waals surface area contributed by atoms with Crippen molar-refractivity contribution in [3.8, 4) is 0 Å². The van der Waals surface area contributed by atoms with Gasteiger partial charge in [0, 0.05) is 0 Å². The van der Waals surface area contributed by atoms with Crippen LogP contribution < -0.4 is 0 Å². The molecular weight excluding hydrogens is 348 g/mol. The van der Waals surface area contributed by atoms with Crippen molar-refractivity contribution in [2.45, 2.75) is 126 Å². The molecule has 0 bridgehead atoms. The van der Waals surface area contributed by atoms with Crippen molar-refractivity contribution >= 4 is 0 Å². The van der Waals surface area contributed by atoms with E-state index in [4.69, 9.17) is 0 Å². The van der Waals surface area contributed by atoms with Gasteiger partial charge >= 0.3 is 0 Å². The summed E-state index contributed by atoms with van der Waals surface area (Å²) in [6.07, 6.45) is 17.5. The highest BCUT2D eigenvalue weighted by atomic mass is 14.6. The molecule has 0 amide bonds. The second-order valence-electron chi connectivity index (χ2n) is 13.4. The Bertz CT molecular complexity index is 636. The Morgan fingerprint density at radius 1 is 0.862 bits per heavy atom. The summed E-state index contributed by atoms with van der Waals surface area (Å²) >= 11 is 0. The van der Waals surface area contributed by atoms with E-state index in [1.165, 1.54) is 77.0 Å². The SMILES string of the molecule is CC(C)CCC[C@@H](C)[C@H]1CC[C@H]2C3=C(CC[C@]12C)[C@@]1(C)CCCC(C)(C)[C@@H]1CC3. The first-order valence-electron chi connectivity index (χ1n) is 13.3. The molecule has 2 saturated carbocycles. The van der Waals surface area contributed by atoms with Gasteiger partial charge in [0.15, 0.2) is 0 Å². The smallest absolute Gasteiger partial charge is 0.00802 e. The highest BCUT2D eigenvalue weighted by molar-refractivity contribution is 5.35. The lowest BCUT2D eigenvalue weighted by molar-refractivity contribution is -0.00394. The van der Waals surface area contributed by atoms with Crippen LogP contribution in [0.5, 0.6) is 0 Å². The van der Waals surface area contributed by atoms with Crippen molar-refractivity contribution in [2.75, 3.05) is 0 Å². The molecule has 4 aliphatic rings. The molecule has 0 spiro atoms. The van der Waals surface area contributed by atoms with Crippen molar-refractivity contribution < 1.29 is 0 Å². The van der Waals surface area contributed by atoms with Gasteiger partial charge in [-0.2, -0.15) is 0 Å². The number of hydrogen-bond acceptors (Lipinski definition) is 0. The van der Waals surface area contributed by atoms with Crippen LogP contribution in [0.2, 0.25) is 0 Å². The molecule has 166 valence electrons. The zero-order valence-corrected chi connectivity index (χ0v) is 20.9. The fraction of sp³-hybridized carbons (Fsp3) is 0.931. The van der Waals surface area contributed by atoms with Crippen LogP contribution in [0.15, 0.2) is 11.1 Å². The molecule has 0 radical (unpaired) electrons. The minimum absolute atomic E-state index is 0.525. The zero-order valence-electron chi connectivity index (χ0n) is 20.9. The topological polar surface area (TPSA) is 0 Å². The van der Waals surface area contributed by atoms with Crippen LogP contribution in [0.4, 0.5) is 0 Å². The van der Waals surface area contributed by atoms with Crippen LogP contribution in [0, 0.1) is 45.8 Å². The van der Waals surface area contributed by atoms with E-state index < -0.39 is 0 Å². The van der Waals surface area contributed by atoms with E-state index >= 15 is 0 Å². The molecule has 0 aliphatic heterocycles. The van der Waals surface area contributed by atoms with E-state index in [0.29, 0.717) is 16.2 Å². The van der Waals surface area contributed by atoms with Gasteiger partial charge in [-0.25, -0.2) is 0 Å². The van der Waals surface area contributed by atoms with E-state index in [-0.39, 0.29) is 0 Å². The van der Waals surface area contributed by atoms with Gasteiger partial charge in [0.05, 0.1) is 0 Å². The Hall–Kier alpha value is -0.260. The van der Waals surface area contributed by atoms with Crippen LogP contribution in [0.1, 0.15) is 126 Å². The lowest BCUT2D eigenvalue weighted by atomic mass is 9.46. The van der Waals surface area contributed by atoms with Gasteiger partial charge < -0.3 is 0 Å². The minimum atomic E-state index is 0.525. The molecule has 0 nitrogen and oxygen atoms in total. The summed E-state index contributed by atoms with van der Waals surface area (Å²) in [6.45, 7) is 17.9. The van der Waals surface area contributed by atoms with Gasteiger partial charge in [-0.15, -0.1) is 0 Å². The highest BCUT2D eigenvalue weighted by Gasteiger charge is 2.57. The van der Waals surface area contributed by atoms with Crippen LogP contribution >= 0.6 is 0 Å². The van der Waals surface area contributed by atoms with Gasteiger partial charge in [0.25, 0.3) is 0 Å². The molecule has 4 rings (SSSR count). The molecule has 0 aromatic heterocycles. The van der Waals surface area contributed by atoms with Gasteiger partial charge in [0.2, 0.25) is 0 Å². The molecule has 0 aromatic carbocycles. The molecule has 0 N–H and O–H groups in total. The van der Waals surface area contributed by atoms with E-state index in [0.717, 1.165) is 29.6 Å². The summed E-state index contributed by atoms with van der Waals surface area (Å²) in [5.74, 6) is 4.62. The average molecular weight is 399 g/mol. The molecule has 0 heterocycles. The summed E-state index contributed by atoms with van der Waals surface area (Å²) in [5, 5.41) is 0. The number of rotatable bonds is 5. The molecular formula is C29H50. The normalized spacial score (nSPS) is 42.4. The first-order chi connectivity index (χ1) is 13.6. The van der Waals surface area contributed by atoms with E-state index in [9.17, 15) is 0 Å². The predicted octanol–water partition coefficient (Wildman–Crippen LogP) is 9.20. The van der Waals surface area contributed by atoms with Crippen molar-refractivity contribution in [3.05, 3.63) is 11.1 Å². The van der Waals surface area contributed by atoms with Gasteiger partial charge in [-0.1, -0.05) is 85.3 Å². The van der Waals surface area contributed by atoms with Crippen LogP contribution in [0.3, 0.4) is 0 Å². The van der Waals surface area contributed by atoms with Crippen LogP contribution in [-0.2, 0) is 0 Å². The van der Waals surface area contributed by atoms with Crippen molar-refractivity contribution in [1.82, 2.24) is 0 Å². The number of fused-ring (bicyclic) bond motifs is 4. The standard InChI is InChI=1S/C29H50/c1-20(2)10-8-11-21(3)23-13-14-24-22-12-15-26-27(4,5)17-9-18-29(26,7)25(22)16-19-28(23,24)6/h20-21,23-24,26H,8-19H2,1-7H3/t21-,23-,24+,26+,28-,29-/m1/s1. The maximum absolute atomic E-state index is 2.72. The van der Waals surface area contributed by atoms with Crippen molar-refractivity contribution in [3.63, 3.8) is 0 Å². The molecule has 6 atom stereocenters. The molecule has 4 aliphatic carbocycles. The molecule has 0 heteroatoms. The number of hydrogen-bond donors (Lipinski definition) is 0. The quantitative estimate of drug-likeness (QED) is 0.405. The largest absolute Gasteiger partial charge is 0.0668 e. The Morgan fingerprint density at radius 2 is 1.62 bits per heavy atom. The summed E-state index contributed by atoms with van der Waals surface area (Å²) in [6, 6.07) is 0. The average Bonchev–Trinajstić information content (AvgIpc) is 2.98. The van der Waals surface area contributed by atoms with E-state index in [1.807, 2.05) is 11.1 Å². The highest BCUT2D eigenvalue weighted by Crippen LogP contribution is 2.68. The third-order valence-electron chi connectivity index (χ3n) is 10.9. The van der Waals surface area contributed by atoms with Gasteiger partial charge in [0.1, 0.15) is 0 Å². The van der Waals surface area contributed by atoms with Gasteiger partial charge in [-0.05, 0) is 97.2 Å². The van der Waals surface area contributed by atoms with E-state index in [2.05, 4.69) is 48.5 Å². The fourth-order valence-electron chi connectivity index (χ4n) is 9.41. The van der Waals surface area contributed by atoms with Crippen LogP contribution in [-0.4, -0.2) is 0 Å². The molecule has 29 heavy (non-hydrogen) atoms. The summed E-state index contributed by atoms with van der Waals surface area (Å²) < 4.78 is 0. The second kappa shape index (κ2) is 7.70. The summed E-state index contributed by atoms with van der Waals surface area (Å²) in [7, 11) is 0. The first kappa shape index (κ1) is 22.0. The lowest BCUT2D eigenvalue weighted by Crippen LogP contribution is -2.48. The third kappa shape index (κ3) is 3.57. The molecule has 0 unspecified atom stereocenters. The Kier molecular flexibility index (Phi) is 5.83. The van der Waals surface area contributed by atoms with E-state index in [1.54, 1.807) is 0 Å². The number of allylic oxidation sites excluding steroid dienone is 2.